The molecule has 0 bridgehead atoms. The Morgan fingerprint density at radius 1 is 1.38 bits per heavy atom. The van der Waals surface area contributed by atoms with Gasteiger partial charge in [-0.25, -0.2) is 4.79 Å². The molecule has 1 heterocycles. The van der Waals surface area contributed by atoms with Crippen molar-refractivity contribution in [2.45, 2.75) is 44.0 Å². The molecule has 21 heavy (non-hydrogen) atoms. The van der Waals surface area contributed by atoms with E-state index in [1.807, 2.05) is 0 Å². The van der Waals surface area contributed by atoms with Crippen LogP contribution in [-0.2, 0) is 0 Å². The van der Waals surface area contributed by atoms with Gasteiger partial charge < -0.3 is 21.1 Å². The lowest BCUT2D eigenvalue weighted by Crippen LogP contribution is -2.54. The average Bonchev–Trinajstić information content (AvgIpc) is 3.19. The van der Waals surface area contributed by atoms with E-state index in [0.717, 1.165) is 12.8 Å². The standard InChI is InChI=1S/C13H22F3N3O2/c14-13(15,16)7-18-10-3-8(4-11(20)9-1-2-9)5-19(6-10)12(17)21/h8-11,18,20H,1-7H2,(H2,17,21). The Balaban J connectivity index is 1.89. The van der Waals surface area contributed by atoms with Gasteiger partial charge >= 0.3 is 12.2 Å². The number of aliphatic hydroxyl groups excluding tert-OH is 1. The quantitative estimate of drug-likeness (QED) is 0.711. The van der Waals surface area contributed by atoms with Crippen molar-refractivity contribution in [2.24, 2.45) is 17.6 Å². The van der Waals surface area contributed by atoms with Crippen molar-refractivity contribution < 1.29 is 23.1 Å². The topological polar surface area (TPSA) is 78.6 Å². The van der Waals surface area contributed by atoms with Crippen LogP contribution in [0.5, 0.6) is 0 Å². The fourth-order valence-electron chi connectivity index (χ4n) is 2.98. The molecule has 0 radical (unpaired) electrons. The van der Waals surface area contributed by atoms with Crippen LogP contribution in [0.4, 0.5) is 18.0 Å². The van der Waals surface area contributed by atoms with Crippen molar-refractivity contribution in [3.8, 4) is 0 Å². The average molecular weight is 309 g/mol. The molecule has 1 saturated heterocycles. The smallest absolute Gasteiger partial charge is 0.393 e. The number of alkyl halides is 3. The minimum Gasteiger partial charge on any atom is -0.393 e. The van der Waals surface area contributed by atoms with Gasteiger partial charge in [-0.1, -0.05) is 0 Å². The molecule has 2 amide bonds. The maximum atomic E-state index is 12.3. The van der Waals surface area contributed by atoms with Gasteiger partial charge in [-0.2, -0.15) is 13.2 Å². The van der Waals surface area contributed by atoms with Crippen molar-refractivity contribution >= 4 is 6.03 Å². The number of nitrogens with zero attached hydrogens (tertiary/aromatic N) is 1. The van der Waals surface area contributed by atoms with Crippen LogP contribution in [0.15, 0.2) is 0 Å². The second kappa shape index (κ2) is 6.39. The molecular weight excluding hydrogens is 287 g/mol. The van der Waals surface area contributed by atoms with E-state index in [2.05, 4.69) is 5.32 Å². The van der Waals surface area contributed by atoms with Crippen LogP contribution >= 0.6 is 0 Å². The molecule has 3 atom stereocenters. The summed E-state index contributed by atoms with van der Waals surface area (Å²) in [4.78, 5) is 12.7. The molecule has 0 spiro atoms. The second-order valence-electron chi connectivity index (χ2n) is 6.18. The number of likely N-dealkylation sites (tertiary alicyclic amines) is 1. The Kier molecular flexibility index (Phi) is 4.98. The Labute approximate surface area is 121 Å². The van der Waals surface area contributed by atoms with Crippen molar-refractivity contribution in [1.29, 1.82) is 0 Å². The molecule has 3 unspecified atom stereocenters. The number of rotatable bonds is 5. The Morgan fingerprint density at radius 2 is 2.05 bits per heavy atom. The maximum Gasteiger partial charge on any atom is 0.401 e. The van der Waals surface area contributed by atoms with Gasteiger partial charge in [0.1, 0.15) is 0 Å². The Hall–Kier alpha value is -1.02. The Bertz CT molecular complexity index is 374. The summed E-state index contributed by atoms with van der Waals surface area (Å²) in [6.07, 6.45) is -1.67. The zero-order valence-electron chi connectivity index (χ0n) is 11.8. The summed E-state index contributed by atoms with van der Waals surface area (Å²) in [5.74, 6) is 0.295. The number of urea groups is 1. The number of amides is 2. The van der Waals surface area contributed by atoms with Crippen LogP contribution in [0.3, 0.4) is 0 Å². The number of hydrogen-bond donors (Lipinski definition) is 3. The predicted octanol–water partition coefficient (Wildman–Crippen LogP) is 1.07. The molecule has 2 fully saturated rings. The first-order chi connectivity index (χ1) is 9.74. The van der Waals surface area contributed by atoms with Crippen molar-refractivity contribution in [2.75, 3.05) is 19.6 Å². The van der Waals surface area contributed by atoms with Crippen molar-refractivity contribution in [3.05, 3.63) is 0 Å². The highest BCUT2D eigenvalue weighted by Crippen LogP contribution is 2.36. The van der Waals surface area contributed by atoms with E-state index in [4.69, 9.17) is 5.73 Å². The third-order valence-corrected chi connectivity index (χ3v) is 4.18. The summed E-state index contributed by atoms with van der Waals surface area (Å²) in [6.45, 7) is -0.493. The normalized spacial score (nSPS) is 28.5. The summed E-state index contributed by atoms with van der Waals surface area (Å²) < 4.78 is 36.8. The monoisotopic (exact) mass is 309 g/mol. The molecule has 1 aliphatic carbocycles. The third kappa shape index (κ3) is 5.35. The maximum absolute atomic E-state index is 12.3. The number of primary amides is 1. The summed E-state index contributed by atoms with van der Waals surface area (Å²) in [6, 6.07) is -1.07. The van der Waals surface area contributed by atoms with Crippen LogP contribution in [-0.4, -0.2) is 54.0 Å². The van der Waals surface area contributed by atoms with Gasteiger partial charge in [-0.3, -0.25) is 0 Å². The first-order valence-corrected chi connectivity index (χ1v) is 7.27. The lowest BCUT2D eigenvalue weighted by molar-refractivity contribution is -0.127. The largest absolute Gasteiger partial charge is 0.401 e. The molecule has 2 aliphatic rings. The summed E-state index contributed by atoms with van der Waals surface area (Å²) in [5.41, 5.74) is 5.25. The fraction of sp³-hybridized carbons (Fsp3) is 0.923. The summed E-state index contributed by atoms with van der Waals surface area (Å²) in [5, 5.41) is 12.4. The third-order valence-electron chi connectivity index (χ3n) is 4.18. The van der Waals surface area contributed by atoms with Crippen LogP contribution in [0.25, 0.3) is 0 Å². The number of carbonyl (C=O) groups is 1. The van der Waals surface area contributed by atoms with E-state index in [9.17, 15) is 23.1 Å². The van der Waals surface area contributed by atoms with Gasteiger partial charge in [0.05, 0.1) is 12.6 Å². The van der Waals surface area contributed by atoms with Gasteiger partial charge in [0, 0.05) is 19.1 Å². The molecule has 1 aliphatic heterocycles. The zero-order chi connectivity index (χ0) is 15.6. The minimum absolute atomic E-state index is 0.0208. The van der Waals surface area contributed by atoms with Crippen LogP contribution in [0, 0.1) is 11.8 Å². The molecule has 8 heteroatoms. The first-order valence-electron chi connectivity index (χ1n) is 7.27. The second-order valence-corrected chi connectivity index (χ2v) is 6.18. The lowest BCUT2D eigenvalue weighted by Gasteiger charge is -2.38. The molecule has 4 N–H and O–H groups in total. The van der Waals surface area contributed by atoms with Crippen LogP contribution in [0.2, 0.25) is 0 Å². The van der Waals surface area contributed by atoms with Crippen LogP contribution in [0.1, 0.15) is 25.7 Å². The highest BCUT2D eigenvalue weighted by atomic mass is 19.4. The van der Waals surface area contributed by atoms with E-state index in [1.54, 1.807) is 0 Å². The fourth-order valence-corrected chi connectivity index (χ4v) is 2.98. The summed E-state index contributed by atoms with van der Waals surface area (Å²) in [7, 11) is 0. The molecule has 0 aromatic heterocycles. The molecule has 0 aromatic carbocycles. The number of carbonyl (C=O) groups excluding carboxylic acids is 1. The van der Waals surface area contributed by atoms with Crippen LogP contribution < -0.4 is 11.1 Å². The number of halogens is 3. The molecule has 122 valence electrons. The predicted molar refractivity (Wildman–Crippen MR) is 70.5 cm³/mol. The number of aliphatic hydroxyl groups is 1. The number of hydrogen-bond acceptors (Lipinski definition) is 3. The van der Waals surface area contributed by atoms with Crippen molar-refractivity contribution in [3.63, 3.8) is 0 Å². The molecule has 1 saturated carbocycles. The van der Waals surface area contributed by atoms with E-state index in [0.29, 0.717) is 25.3 Å². The van der Waals surface area contributed by atoms with E-state index >= 15 is 0 Å². The highest BCUT2D eigenvalue weighted by Gasteiger charge is 2.36. The minimum atomic E-state index is -4.28. The van der Waals surface area contributed by atoms with Gasteiger partial charge in [-0.05, 0) is 37.5 Å². The molecule has 0 aromatic rings. The van der Waals surface area contributed by atoms with E-state index < -0.39 is 30.9 Å². The SMILES string of the molecule is NC(=O)N1CC(CC(O)C2CC2)CC(NCC(F)(F)F)C1. The van der Waals surface area contributed by atoms with E-state index in [1.165, 1.54) is 4.90 Å². The van der Waals surface area contributed by atoms with Gasteiger partial charge in [-0.15, -0.1) is 0 Å². The molecular formula is C13H22F3N3O2. The van der Waals surface area contributed by atoms with Gasteiger partial charge in [0.2, 0.25) is 0 Å². The zero-order valence-corrected chi connectivity index (χ0v) is 11.8. The summed E-state index contributed by atoms with van der Waals surface area (Å²) >= 11 is 0. The first kappa shape index (κ1) is 16.4. The van der Waals surface area contributed by atoms with Gasteiger partial charge in [0.25, 0.3) is 0 Å². The molecule has 5 nitrogen and oxygen atoms in total. The number of nitrogens with one attached hydrogen (secondary N) is 1. The van der Waals surface area contributed by atoms with E-state index in [-0.39, 0.29) is 12.5 Å². The number of nitrogens with two attached hydrogens (primary N) is 1. The lowest BCUT2D eigenvalue weighted by atomic mass is 9.88. The Morgan fingerprint density at radius 3 is 2.57 bits per heavy atom. The molecule has 2 rings (SSSR count). The number of piperidine rings is 1. The van der Waals surface area contributed by atoms with Crippen molar-refractivity contribution in [1.82, 2.24) is 10.2 Å². The van der Waals surface area contributed by atoms with Gasteiger partial charge in [0.15, 0.2) is 0 Å². The highest BCUT2D eigenvalue weighted by molar-refractivity contribution is 5.72.